The number of hydrogen-bond acceptors (Lipinski definition) is 4. The number of aromatic nitrogens is 2. The molecule has 0 fully saturated rings. The van der Waals surface area contributed by atoms with E-state index in [-0.39, 0.29) is 6.04 Å². The van der Waals surface area contributed by atoms with Crippen LogP contribution in [0, 0.1) is 13.8 Å². The van der Waals surface area contributed by atoms with Crippen LogP contribution in [0.25, 0.3) is 0 Å². The summed E-state index contributed by atoms with van der Waals surface area (Å²) in [5.41, 5.74) is 6.73. The van der Waals surface area contributed by atoms with Gasteiger partial charge in [0.05, 0.1) is 11.4 Å². The van der Waals surface area contributed by atoms with Crippen molar-refractivity contribution in [2.75, 3.05) is 6.54 Å². The van der Waals surface area contributed by atoms with Gasteiger partial charge in [0, 0.05) is 12.6 Å². The van der Waals surface area contributed by atoms with E-state index in [4.69, 9.17) is 5.73 Å². The molecule has 1 aromatic heterocycles. The summed E-state index contributed by atoms with van der Waals surface area (Å²) in [6.07, 6.45) is 3.36. The SMILES string of the molecule is CCCC(CC)NS(=O)(=O)c1c(C)nn(CCCN)c1C. The molecule has 0 radical (unpaired) electrons. The van der Waals surface area contributed by atoms with Crippen LogP contribution >= 0.6 is 0 Å². The third-order valence-electron chi connectivity index (χ3n) is 3.61. The molecule has 1 unspecified atom stereocenters. The first-order valence-electron chi connectivity index (χ1n) is 7.63. The van der Waals surface area contributed by atoms with Gasteiger partial charge in [-0.15, -0.1) is 0 Å². The lowest BCUT2D eigenvalue weighted by Crippen LogP contribution is -2.34. The lowest BCUT2D eigenvalue weighted by Gasteiger charge is -2.16. The van der Waals surface area contributed by atoms with E-state index in [9.17, 15) is 8.42 Å². The van der Waals surface area contributed by atoms with Crippen LogP contribution in [0.2, 0.25) is 0 Å². The minimum absolute atomic E-state index is 0.0220. The maximum atomic E-state index is 12.6. The minimum Gasteiger partial charge on any atom is -0.330 e. The molecule has 0 aliphatic heterocycles. The van der Waals surface area contributed by atoms with Gasteiger partial charge in [0.2, 0.25) is 10.0 Å². The number of aryl methyl sites for hydroxylation is 2. The third kappa shape index (κ3) is 4.52. The molecule has 0 bridgehead atoms. The average molecular weight is 316 g/mol. The Morgan fingerprint density at radius 3 is 2.52 bits per heavy atom. The largest absolute Gasteiger partial charge is 0.330 e. The van der Waals surface area contributed by atoms with Gasteiger partial charge in [-0.1, -0.05) is 20.3 Å². The zero-order valence-electron chi connectivity index (χ0n) is 13.5. The normalized spacial score (nSPS) is 13.6. The number of nitrogens with two attached hydrogens (primary N) is 1. The van der Waals surface area contributed by atoms with Crippen molar-refractivity contribution in [2.45, 2.75) is 70.9 Å². The fourth-order valence-corrected chi connectivity index (χ4v) is 4.27. The van der Waals surface area contributed by atoms with Crippen molar-refractivity contribution >= 4 is 10.0 Å². The van der Waals surface area contributed by atoms with E-state index in [1.165, 1.54) is 0 Å². The molecule has 1 rings (SSSR count). The summed E-state index contributed by atoms with van der Waals surface area (Å²) in [5.74, 6) is 0. The topological polar surface area (TPSA) is 90.0 Å². The van der Waals surface area contributed by atoms with Crippen molar-refractivity contribution in [3.8, 4) is 0 Å². The highest BCUT2D eigenvalue weighted by molar-refractivity contribution is 7.89. The van der Waals surface area contributed by atoms with Crippen LogP contribution in [0.5, 0.6) is 0 Å². The van der Waals surface area contributed by atoms with Crippen LogP contribution in [0.3, 0.4) is 0 Å². The molecule has 0 saturated carbocycles. The number of hydrogen-bond donors (Lipinski definition) is 2. The molecule has 1 atom stereocenters. The van der Waals surface area contributed by atoms with E-state index < -0.39 is 10.0 Å². The second-order valence-electron chi connectivity index (χ2n) is 5.38. The van der Waals surface area contributed by atoms with Gasteiger partial charge >= 0.3 is 0 Å². The maximum absolute atomic E-state index is 12.6. The molecule has 1 aromatic rings. The molecule has 0 aromatic carbocycles. The molecular formula is C14H28N4O2S. The van der Waals surface area contributed by atoms with Gasteiger partial charge in [0.25, 0.3) is 0 Å². The fraction of sp³-hybridized carbons (Fsp3) is 0.786. The lowest BCUT2D eigenvalue weighted by atomic mass is 10.1. The van der Waals surface area contributed by atoms with Crippen LogP contribution in [-0.4, -0.2) is 30.8 Å². The van der Waals surface area contributed by atoms with Crippen molar-refractivity contribution < 1.29 is 8.42 Å². The van der Waals surface area contributed by atoms with Gasteiger partial charge in [0.1, 0.15) is 4.90 Å². The molecule has 122 valence electrons. The summed E-state index contributed by atoms with van der Waals surface area (Å²) in [7, 11) is -3.52. The first-order chi connectivity index (χ1) is 9.87. The molecule has 7 heteroatoms. The molecule has 21 heavy (non-hydrogen) atoms. The lowest BCUT2D eigenvalue weighted by molar-refractivity contribution is 0.511. The van der Waals surface area contributed by atoms with Crippen molar-refractivity contribution in [2.24, 2.45) is 5.73 Å². The van der Waals surface area contributed by atoms with Crippen molar-refractivity contribution in [3.05, 3.63) is 11.4 Å². The van der Waals surface area contributed by atoms with E-state index in [0.29, 0.717) is 29.4 Å². The Bertz CT molecular complexity index is 552. The number of rotatable bonds is 9. The van der Waals surface area contributed by atoms with Gasteiger partial charge in [-0.25, -0.2) is 13.1 Å². The maximum Gasteiger partial charge on any atom is 0.244 e. The summed E-state index contributed by atoms with van der Waals surface area (Å²) < 4.78 is 29.8. The van der Waals surface area contributed by atoms with Crippen LogP contribution in [0.15, 0.2) is 4.90 Å². The second-order valence-corrected chi connectivity index (χ2v) is 7.03. The molecular weight excluding hydrogens is 288 g/mol. The number of nitrogens with one attached hydrogen (secondary N) is 1. The summed E-state index contributed by atoms with van der Waals surface area (Å²) in [5, 5.41) is 4.34. The molecule has 0 aliphatic carbocycles. The smallest absolute Gasteiger partial charge is 0.244 e. The van der Waals surface area contributed by atoms with Crippen molar-refractivity contribution in [1.82, 2.24) is 14.5 Å². The minimum atomic E-state index is -3.52. The van der Waals surface area contributed by atoms with Crippen LogP contribution in [0.4, 0.5) is 0 Å². The molecule has 0 aliphatic rings. The number of nitrogens with zero attached hydrogens (tertiary/aromatic N) is 2. The average Bonchev–Trinajstić information content (AvgIpc) is 2.70. The van der Waals surface area contributed by atoms with E-state index in [0.717, 1.165) is 25.7 Å². The van der Waals surface area contributed by atoms with Crippen LogP contribution in [-0.2, 0) is 16.6 Å². The second kappa shape index (κ2) is 7.91. The van der Waals surface area contributed by atoms with Crippen molar-refractivity contribution in [1.29, 1.82) is 0 Å². The molecule has 6 nitrogen and oxygen atoms in total. The first kappa shape index (κ1) is 18.1. The zero-order valence-corrected chi connectivity index (χ0v) is 14.3. The Hall–Kier alpha value is -0.920. The highest BCUT2D eigenvalue weighted by atomic mass is 32.2. The highest BCUT2D eigenvalue weighted by Gasteiger charge is 2.26. The van der Waals surface area contributed by atoms with Crippen LogP contribution < -0.4 is 10.5 Å². The molecule has 1 heterocycles. The van der Waals surface area contributed by atoms with Crippen molar-refractivity contribution in [3.63, 3.8) is 0 Å². The molecule has 0 spiro atoms. The van der Waals surface area contributed by atoms with Gasteiger partial charge in [-0.05, 0) is 39.7 Å². The first-order valence-corrected chi connectivity index (χ1v) is 9.12. The van der Waals surface area contributed by atoms with E-state index >= 15 is 0 Å². The predicted molar refractivity (Wildman–Crippen MR) is 84.7 cm³/mol. The Kier molecular flexibility index (Phi) is 6.83. The third-order valence-corrected chi connectivity index (χ3v) is 5.38. The van der Waals surface area contributed by atoms with E-state index in [2.05, 4.69) is 16.7 Å². The Morgan fingerprint density at radius 1 is 1.33 bits per heavy atom. The predicted octanol–water partition coefficient (Wildman–Crippen LogP) is 1.71. The Morgan fingerprint density at radius 2 is 2.00 bits per heavy atom. The van der Waals surface area contributed by atoms with Gasteiger partial charge in [-0.2, -0.15) is 5.10 Å². The molecule has 0 saturated heterocycles. The molecule has 0 amide bonds. The highest BCUT2D eigenvalue weighted by Crippen LogP contribution is 2.20. The summed E-state index contributed by atoms with van der Waals surface area (Å²) in [4.78, 5) is 0.314. The summed E-state index contributed by atoms with van der Waals surface area (Å²) >= 11 is 0. The van der Waals surface area contributed by atoms with Crippen LogP contribution in [0.1, 0.15) is 50.9 Å². The zero-order chi connectivity index (χ0) is 16.0. The Labute approximate surface area is 128 Å². The standard InChI is InChI=1S/C14H28N4O2S/c1-5-8-13(6-2)17-21(19,20)14-11(3)16-18(12(14)4)10-7-9-15/h13,17H,5-10,15H2,1-4H3. The fourth-order valence-electron chi connectivity index (χ4n) is 2.50. The van der Waals surface area contributed by atoms with Gasteiger partial charge in [0.15, 0.2) is 0 Å². The van der Waals surface area contributed by atoms with Gasteiger partial charge in [-0.3, -0.25) is 4.68 Å². The summed E-state index contributed by atoms with van der Waals surface area (Å²) in [6, 6.07) is -0.0220. The Balaban J connectivity index is 3.05. The van der Waals surface area contributed by atoms with E-state index in [1.807, 2.05) is 6.92 Å². The monoisotopic (exact) mass is 316 g/mol. The molecule has 3 N–H and O–H groups in total. The van der Waals surface area contributed by atoms with Gasteiger partial charge < -0.3 is 5.73 Å². The quantitative estimate of drug-likeness (QED) is 0.725. The summed E-state index contributed by atoms with van der Waals surface area (Å²) in [6.45, 7) is 8.79. The number of sulfonamides is 1. The van der Waals surface area contributed by atoms with E-state index in [1.54, 1.807) is 18.5 Å².